The van der Waals surface area contributed by atoms with Crippen LogP contribution in [0.25, 0.3) is 0 Å². The number of hydrogen-bond donors (Lipinski definition) is 0. The van der Waals surface area contributed by atoms with Crippen molar-refractivity contribution >= 4 is 11.8 Å². The zero-order chi connectivity index (χ0) is 24.1. The smallest absolute Gasteiger partial charge is 0.275 e. The van der Waals surface area contributed by atoms with E-state index in [1.807, 2.05) is 35.2 Å². The van der Waals surface area contributed by atoms with Crippen molar-refractivity contribution < 1.29 is 22.8 Å². The Morgan fingerprint density at radius 1 is 0.971 bits per heavy atom. The van der Waals surface area contributed by atoms with Crippen molar-refractivity contribution in [3.63, 3.8) is 0 Å². The number of oxazole rings is 1. The maximum Gasteiger partial charge on any atom is 0.275 e. The molecule has 0 radical (unpaired) electrons. The summed E-state index contributed by atoms with van der Waals surface area (Å²) < 4.78 is 33.2. The summed E-state index contributed by atoms with van der Waals surface area (Å²) in [5.41, 5.74) is 1.55. The number of amides is 2. The number of hydrogen-bond acceptors (Lipinski definition) is 5. The largest absolute Gasteiger partial charge is 0.447 e. The summed E-state index contributed by atoms with van der Waals surface area (Å²) in [6, 6.07) is 13.2. The maximum atomic E-state index is 14.3. The zero-order valence-corrected chi connectivity index (χ0v) is 18.9. The lowest BCUT2D eigenvalue weighted by Gasteiger charge is -2.33. The fourth-order valence-corrected chi connectivity index (χ4v) is 3.96. The molecule has 178 valence electrons. The molecule has 0 aliphatic carbocycles. The van der Waals surface area contributed by atoms with Crippen LogP contribution in [0.15, 0.2) is 59.2 Å². The zero-order valence-electron chi connectivity index (χ0n) is 18.9. The summed E-state index contributed by atoms with van der Waals surface area (Å²) in [7, 11) is 0. The van der Waals surface area contributed by atoms with Crippen LogP contribution >= 0.6 is 0 Å². The van der Waals surface area contributed by atoms with Gasteiger partial charge < -0.3 is 14.2 Å². The number of piperazine rings is 1. The van der Waals surface area contributed by atoms with E-state index in [4.69, 9.17) is 4.42 Å². The minimum absolute atomic E-state index is 0.00748. The molecule has 1 fully saturated rings. The number of benzene rings is 2. The van der Waals surface area contributed by atoms with Crippen LogP contribution in [-0.4, -0.2) is 57.7 Å². The second kappa shape index (κ2) is 10.6. The van der Waals surface area contributed by atoms with Crippen LogP contribution in [0.1, 0.15) is 34.4 Å². The first-order chi connectivity index (χ1) is 16.4. The second-order valence-electron chi connectivity index (χ2n) is 8.29. The van der Waals surface area contributed by atoms with Crippen LogP contribution in [0.5, 0.6) is 0 Å². The Labute approximate surface area is 196 Å². The molecule has 1 saturated heterocycles. The third kappa shape index (κ3) is 5.85. The fourth-order valence-electron chi connectivity index (χ4n) is 3.96. The quantitative estimate of drug-likeness (QED) is 0.531. The van der Waals surface area contributed by atoms with Gasteiger partial charge in [-0.25, -0.2) is 13.8 Å². The third-order valence-corrected chi connectivity index (χ3v) is 5.80. The Balaban J connectivity index is 1.46. The molecular formula is C25H26F2N4O3. The van der Waals surface area contributed by atoms with Crippen molar-refractivity contribution in [3.05, 3.63) is 89.1 Å². The molecule has 2 heterocycles. The minimum atomic E-state index is -0.629. The highest BCUT2D eigenvalue weighted by Crippen LogP contribution is 2.18. The topological polar surface area (TPSA) is 69.9 Å². The molecule has 0 atom stereocenters. The number of rotatable bonds is 7. The van der Waals surface area contributed by atoms with Gasteiger partial charge in [0.2, 0.25) is 11.8 Å². The lowest BCUT2D eigenvalue weighted by Crippen LogP contribution is -2.50. The minimum Gasteiger partial charge on any atom is -0.447 e. The van der Waals surface area contributed by atoms with Crippen molar-refractivity contribution in [2.75, 3.05) is 26.2 Å². The van der Waals surface area contributed by atoms with Gasteiger partial charge in [0.25, 0.3) is 5.91 Å². The molecule has 7 nitrogen and oxygen atoms in total. The standard InChI is InChI=1S/C25H26F2N4O3/c1-18(32)30-9-11-31(12-10-30)25(33)23-17-34-24(28-23)16-29(14-19-5-3-2-4-6-19)15-20-7-8-21(26)13-22(20)27/h2-8,13,17H,9-12,14-16H2,1H3. The van der Waals surface area contributed by atoms with E-state index in [9.17, 15) is 18.4 Å². The Kier molecular flexibility index (Phi) is 7.32. The number of carbonyl (C=O) groups is 2. The van der Waals surface area contributed by atoms with Crippen LogP contribution in [0, 0.1) is 11.6 Å². The first kappa shape index (κ1) is 23.6. The monoisotopic (exact) mass is 468 g/mol. The predicted octanol–water partition coefficient (Wildman–Crippen LogP) is 3.46. The highest BCUT2D eigenvalue weighted by Gasteiger charge is 2.25. The van der Waals surface area contributed by atoms with Gasteiger partial charge in [-0.05, 0) is 11.6 Å². The molecule has 3 aromatic rings. The SMILES string of the molecule is CC(=O)N1CCN(C(=O)c2coc(CN(Cc3ccccc3)Cc3ccc(F)cc3F)n2)CC1. The molecule has 1 aliphatic heterocycles. The van der Waals surface area contributed by atoms with Crippen molar-refractivity contribution in [2.24, 2.45) is 0 Å². The van der Waals surface area contributed by atoms with Crippen LogP contribution in [0.2, 0.25) is 0 Å². The van der Waals surface area contributed by atoms with E-state index in [0.29, 0.717) is 44.2 Å². The van der Waals surface area contributed by atoms with Gasteiger partial charge in [-0.2, -0.15) is 0 Å². The Bertz CT molecular complexity index is 1140. The number of carbonyl (C=O) groups excluding carboxylic acids is 2. The van der Waals surface area contributed by atoms with Gasteiger partial charge in [-0.3, -0.25) is 14.5 Å². The van der Waals surface area contributed by atoms with Gasteiger partial charge in [0.05, 0.1) is 6.54 Å². The van der Waals surface area contributed by atoms with E-state index in [0.717, 1.165) is 11.6 Å². The molecule has 0 bridgehead atoms. The van der Waals surface area contributed by atoms with Crippen molar-refractivity contribution in [1.29, 1.82) is 0 Å². The van der Waals surface area contributed by atoms with Crippen LogP contribution in [0.4, 0.5) is 8.78 Å². The van der Waals surface area contributed by atoms with E-state index in [-0.39, 0.29) is 30.6 Å². The average molecular weight is 469 g/mol. The molecule has 2 aromatic carbocycles. The first-order valence-corrected chi connectivity index (χ1v) is 11.1. The van der Waals surface area contributed by atoms with E-state index in [1.165, 1.54) is 25.3 Å². The number of nitrogens with zero attached hydrogens (tertiary/aromatic N) is 4. The Morgan fingerprint density at radius 2 is 1.68 bits per heavy atom. The number of halogens is 2. The molecule has 0 N–H and O–H groups in total. The fraction of sp³-hybridized carbons (Fsp3) is 0.320. The molecule has 1 aliphatic rings. The molecule has 0 spiro atoms. The van der Waals surface area contributed by atoms with Crippen LogP contribution in [0.3, 0.4) is 0 Å². The van der Waals surface area contributed by atoms with Crippen molar-refractivity contribution in [2.45, 2.75) is 26.6 Å². The van der Waals surface area contributed by atoms with E-state index < -0.39 is 11.6 Å². The molecule has 0 saturated carbocycles. The van der Waals surface area contributed by atoms with Crippen LogP contribution < -0.4 is 0 Å². The van der Waals surface area contributed by atoms with E-state index >= 15 is 0 Å². The Hall–Kier alpha value is -3.59. The molecule has 9 heteroatoms. The van der Waals surface area contributed by atoms with Crippen molar-refractivity contribution in [3.8, 4) is 0 Å². The predicted molar refractivity (Wildman–Crippen MR) is 120 cm³/mol. The van der Waals surface area contributed by atoms with Gasteiger partial charge in [0.15, 0.2) is 5.69 Å². The molecule has 1 aromatic heterocycles. The van der Waals surface area contributed by atoms with Gasteiger partial charge in [0, 0.05) is 57.8 Å². The summed E-state index contributed by atoms with van der Waals surface area (Å²) >= 11 is 0. The van der Waals surface area contributed by atoms with Crippen molar-refractivity contribution in [1.82, 2.24) is 19.7 Å². The normalized spacial score (nSPS) is 14.0. The molecule has 4 rings (SSSR count). The number of aromatic nitrogens is 1. The van der Waals surface area contributed by atoms with Crippen LogP contribution in [-0.2, 0) is 24.4 Å². The molecule has 34 heavy (non-hydrogen) atoms. The summed E-state index contributed by atoms with van der Waals surface area (Å²) in [5, 5.41) is 0. The lowest BCUT2D eigenvalue weighted by atomic mass is 10.1. The first-order valence-electron chi connectivity index (χ1n) is 11.1. The summed E-state index contributed by atoms with van der Waals surface area (Å²) in [5.74, 6) is -1.18. The van der Waals surface area contributed by atoms with Gasteiger partial charge in [-0.1, -0.05) is 36.4 Å². The average Bonchev–Trinajstić information content (AvgIpc) is 3.29. The van der Waals surface area contributed by atoms with Gasteiger partial charge in [0.1, 0.15) is 17.9 Å². The highest BCUT2D eigenvalue weighted by atomic mass is 19.1. The van der Waals surface area contributed by atoms with E-state index in [1.54, 1.807) is 9.80 Å². The summed E-state index contributed by atoms with van der Waals surface area (Å²) in [4.78, 5) is 34.0. The van der Waals surface area contributed by atoms with Gasteiger partial charge >= 0.3 is 0 Å². The van der Waals surface area contributed by atoms with Gasteiger partial charge in [-0.15, -0.1) is 0 Å². The second-order valence-corrected chi connectivity index (χ2v) is 8.29. The van der Waals surface area contributed by atoms with E-state index in [2.05, 4.69) is 4.98 Å². The lowest BCUT2D eigenvalue weighted by molar-refractivity contribution is -0.130. The summed E-state index contributed by atoms with van der Waals surface area (Å²) in [6.45, 7) is 4.28. The summed E-state index contributed by atoms with van der Waals surface area (Å²) in [6.07, 6.45) is 1.33. The maximum absolute atomic E-state index is 14.3. The highest BCUT2D eigenvalue weighted by molar-refractivity contribution is 5.92. The Morgan fingerprint density at radius 3 is 2.35 bits per heavy atom. The molecular weight excluding hydrogens is 442 g/mol. The third-order valence-electron chi connectivity index (χ3n) is 5.80. The molecule has 0 unspecified atom stereocenters. The molecule has 2 amide bonds.